The van der Waals surface area contributed by atoms with Crippen LogP contribution in [0.25, 0.3) is 0 Å². The lowest BCUT2D eigenvalue weighted by atomic mass is 9.96. The summed E-state index contributed by atoms with van der Waals surface area (Å²) in [5.74, 6) is -4.11. The Bertz CT molecular complexity index is 1230. The molecule has 1 fully saturated rings. The zero-order valence-corrected chi connectivity index (χ0v) is 17.0. The standard InChI is InChI=1S/C20H18F2N4O4S/c21-14-9-15(22)16(8-13(14)18(23)27)24-20(28)11-4-3-7-26(10-11)19-12-5-1-2-6-17(12)31(29,30)25-19/h1-2,5-6,8-9,11H,3-4,7,10H2,(H2,23,27)(H,24,28). The smallest absolute Gasteiger partial charge is 0.285 e. The van der Waals surface area contributed by atoms with E-state index in [4.69, 9.17) is 5.73 Å². The van der Waals surface area contributed by atoms with Crippen molar-refractivity contribution >= 4 is 33.4 Å². The van der Waals surface area contributed by atoms with Crippen LogP contribution >= 0.6 is 0 Å². The first kappa shape index (κ1) is 20.9. The predicted molar refractivity (Wildman–Crippen MR) is 108 cm³/mol. The molecule has 2 aliphatic rings. The average Bonchev–Trinajstić information content (AvgIpc) is 3.01. The number of primary amides is 1. The molecule has 11 heteroatoms. The molecule has 2 amide bonds. The molecule has 2 aromatic rings. The summed E-state index contributed by atoms with van der Waals surface area (Å²) >= 11 is 0. The van der Waals surface area contributed by atoms with Crippen molar-refractivity contribution in [3.8, 4) is 0 Å². The first-order valence-electron chi connectivity index (χ1n) is 9.46. The number of hydrogen-bond donors (Lipinski definition) is 2. The minimum atomic E-state index is -3.80. The summed E-state index contributed by atoms with van der Waals surface area (Å²) < 4.78 is 56.2. The van der Waals surface area contributed by atoms with Gasteiger partial charge in [0.2, 0.25) is 5.91 Å². The third-order valence-corrected chi connectivity index (χ3v) is 6.61. The zero-order chi connectivity index (χ0) is 22.3. The van der Waals surface area contributed by atoms with Crippen LogP contribution in [0.4, 0.5) is 14.5 Å². The van der Waals surface area contributed by atoms with E-state index in [0.29, 0.717) is 31.0 Å². The molecule has 0 spiro atoms. The number of halogens is 2. The van der Waals surface area contributed by atoms with Crippen molar-refractivity contribution in [3.05, 3.63) is 59.2 Å². The van der Waals surface area contributed by atoms with Gasteiger partial charge in [-0.2, -0.15) is 8.42 Å². The third kappa shape index (κ3) is 3.88. The molecule has 2 heterocycles. The zero-order valence-electron chi connectivity index (χ0n) is 16.1. The highest BCUT2D eigenvalue weighted by Crippen LogP contribution is 2.30. The number of carbonyl (C=O) groups excluding carboxylic acids is 2. The molecule has 31 heavy (non-hydrogen) atoms. The molecule has 0 bridgehead atoms. The normalized spacial score (nSPS) is 19.5. The van der Waals surface area contributed by atoms with Gasteiger partial charge in [-0.3, -0.25) is 9.59 Å². The summed E-state index contributed by atoms with van der Waals surface area (Å²) in [4.78, 5) is 25.9. The second-order valence-corrected chi connectivity index (χ2v) is 8.91. The topological polar surface area (TPSA) is 122 Å². The summed E-state index contributed by atoms with van der Waals surface area (Å²) in [7, 11) is -3.80. The van der Waals surface area contributed by atoms with E-state index in [-0.39, 0.29) is 23.0 Å². The van der Waals surface area contributed by atoms with Crippen molar-refractivity contribution in [1.82, 2.24) is 4.90 Å². The van der Waals surface area contributed by atoms with Gasteiger partial charge in [-0.1, -0.05) is 12.1 Å². The molecule has 1 saturated heterocycles. The second-order valence-electron chi connectivity index (χ2n) is 7.34. The molecular formula is C20H18F2N4O4S. The van der Waals surface area contributed by atoms with Crippen molar-refractivity contribution < 1.29 is 26.8 Å². The molecule has 0 saturated carbocycles. The van der Waals surface area contributed by atoms with Gasteiger partial charge in [-0.05, 0) is 31.0 Å². The summed E-state index contributed by atoms with van der Waals surface area (Å²) in [6, 6.07) is 7.79. The number of sulfonamides is 1. The number of benzene rings is 2. The highest BCUT2D eigenvalue weighted by Gasteiger charge is 2.35. The lowest BCUT2D eigenvalue weighted by molar-refractivity contribution is -0.121. The van der Waals surface area contributed by atoms with Crippen LogP contribution in [0.1, 0.15) is 28.8 Å². The Kier molecular flexibility index (Phi) is 5.21. The van der Waals surface area contributed by atoms with Crippen molar-refractivity contribution in [2.75, 3.05) is 18.4 Å². The molecule has 1 unspecified atom stereocenters. The lowest BCUT2D eigenvalue weighted by Crippen LogP contribution is -2.43. The van der Waals surface area contributed by atoms with Gasteiger partial charge in [0.25, 0.3) is 15.9 Å². The van der Waals surface area contributed by atoms with E-state index >= 15 is 0 Å². The third-order valence-electron chi connectivity index (χ3n) is 5.28. The van der Waals surface area contributed by atoms with Crippen LogP contribution in [-0.2, 0) is 14.8 Å². The SMILES string of the molecule is NC(=O)c1cc(NC(=O)C2CCCN(C3=NS(=O)(=O)c4ccccc43)C2)c(F)cc1F. The Morgan fingerprint density at radius 2 is 1.90 bits per heavy atom. The largest absolute Gasteiger partial charge is 0.366 e. The molecule has 3 N–H and O–H groups in total. The van der Waals surface area contributed by atoms with Crippen LogP contribution in [0.15, 0.2) is 45.7 Å². The number of nitrogens with zero attached hydrogens (tertiary/aromatic N) is 2. The fraction of sp³-hybridized carbons (Fsp3) is 0.250. The van der Waals surface area contributed by atoms with Crippen molar-refractivity contribution in [2.24, 2.45) is 16.0 Å². The minimum absolute atomic E-state index is 0.115. The van der Waals surface area contributed by atoms with E-state index in [2.05, 4.69) is 9.71 Å². The van der Waals surface area contributed by atoms with Crippen LogP contribution < -0.4 is 11.1 Å². The van der Waals surface area contributed by atoms with Gasteiger partial charge in [-0.15, -0.1) is 4.40 Å². The molecule has 2 aromatic carbocycles. The summed E-state index contributed by atoms with van der Waals surface area (Å²) in [5.41, 5.74) is 4.65. The van der Waals surface area contributed by atoms with E-state index in [9.17, 15) is 26.8 Å². The molecular weight excluding hydrogens is 430 g/mol. The number of carbonyl (C=O) groups is 2. The van der Waals surface area contributed by atoms with Crippen molar-refractivity contribution in [2.45, 2.75) is 17.7 Å². The van der Waals surface area contributed by atoms with Gasteiger partial charge >= 0.3 is 0 Å². The highest BCUT2D eigenvalue weighted by atomic mass is 32.2. The molecule has 4 rings (SSSR count). The van der Waals surface area contributed by atoms with E-state index in [1.807, 2.05) is 0 Å². The van der Waals surface area contributed by atoms with Gasteiger partial charge < -0.3 is 16.0 Å². The fourth-order valence-corrected chi connectivity index (χ4v) is 5.00. The van der Waals surface area contributed by atoms with Crippen LogP contribution in [0.3, 0.4) is 0 Å². The van der Waals surface area contributed by atoms with Crippen LogP contribution in [0.5, 0.6) is 0 Å². The quantitative estimate of drug-likeness (QED) is 0.742. The number of rotatable bonds is 3. The maximum Gasteiger partial charge on any atom is 0.285 e. The fourth-order valence-electron chi connectivity index (χ4n) is 3.77. The molecule has 8 nitrogen and oxygen atoms in total. The van der Waals surface area contributed by atoms with Gasteiger partial charge in [0.05, 0.1) is 17.2 Å². The highest BCUT2D eigenvalue weighted by molar-refractivity contribution is 7.90. The summed E-state index contributed by atoms with van der Waals surface area (Å²) in [5, 5.41) is 2.38. The number of piperidine rings is 1. The molecule has 1 atom stereocenters. The maximum atomic E-state index is 14.1. The Labute approximate surface area is 176 Å². The number of amidine groups is 1. The van der Waals surface area contributed by atoms with Gasteiger partial charge in [0, 0.05) is 24.7 Å². The maximum absolute atomic E-state index is 14.1. The van der Waals surface area contributed by atoms with Crippen LogP contribution in [-0.4, -0.2) is 44.1 Å². The Hall–Kier alpha value is -3.34. The van der Waals surface area contributed by atoms with Gasteiger partial charge in [0.15, 0.2) is 5.84 Å². The van der Waals surface area contributed by atoms with Gasteiger partial charge in [-0.25, -0.2) is 8.78 Å². The van der Waals surface area contributed by atoms with E-state index in [0.717, 1.165) is 6.07 Å². The van der Waals surface area contributed by atoms with E-state index in [1.54, 1.807) is 23.1 Å². The lowest BCUT2D eigenvalue weighted by Gasteiger charge is -2.33. The number of amides is 2. The average molecular weight is 448 g/mol. The molecule has 162 valence electrons. The first-order chi connectivity index (χ1) is 14.7. The number of nitrogens with two attached hydrogens (primary N) is 1. The predicted octanol–water partition coefficient (Wildman–Crippen LogP) is 1.86. The van der Waals surface area contributed by atoms with E-state index in [1.165, 1.54) is 6.07 Å². The Balaban J connectivity index is 1.55. The summed E-state index contributed by atoms with van der Waals surface area (Å²) in [6.45, 7) is 0.670. The Morgan fingerprint density at radius 1 is 1.16 bits per heavy atom. The number of nitrogens with one attached hydrogen (secondary N) is 1. The molecule has 0 radical (unpaired) electrons. The number of fused-ring (bicyclic) bond motifs is 1. The van der Waals surface area contributed by atoms with Crippen LogP contribution in [0.2, 0.25) is 0 Å². The van der Waals surface area contributed by atoms with Gasteiger partial charge in [0.1, 0.15) is 16.5 Å². The van der Waals surface area contributed by atoms with Crippen LogP contribution in [0, 0.1) is 17.6 Å². The molecule has 0 aliphatic carbocycles. The number of likely N-dealkylation sites (tertiary alicyclic amines) is 1. The Morgan fingerprint density at radius 3 is 2.65 bits per heavy atom. The molecule has 0 aromatic heterocycles. The minimum Gasteiger partial charge on any atom is -0.366 e. The van der Waals surface area contributed by atoms with Crippen molar-refractivity contribution in [3.63, 3.8) is 0 Å². The number of anilines is 1. The monoisotopic (exact) mass is 448 g/mol. The van der Waals surface area contributed by atoms with Crippen molar-refractivity contribution in [1.29, 1.82) is 0 Å². The number of hydrogen-bond acceptors (Lipinski definition) is 5. The molecule has 2 aliphatic heterocycles. The first-order valence-corrected chi connectivity index (χ1v) is 10.9. The summed E-state index contributed by atoms with van der Waals surface area (Å²) in [6.07, 6.45) is 1.06. The van der Waals surface area contributed by atoms with E-state index < -0.39 is 45.0 Å². The second kappa shape index (κ2) is 7.73.